The van der Waals surface area contributed by atoms with Crippen molar-refractivity contribution in [3.8, 4) is 11.3 Å². The van der Waals surface area contributed by atoms with Crippen molar-refractivity contribution in [1.29, 1.82) is 0 Å². The van der Waals surface area contributed by atoms with Gasteiger partial charge in [-0.25, -0.2) is 9.37 Å². The van der Waals surface area contributed by atoms with E-state index in [1.165, 1.54) is 17.4 Å². The summed E-state index contributed by atoms with van der Waals surface area (Å²) in [7, 11) is 0. The summed E-state index contributed by atoms with van der Waals surface area (Å²) in [5.41, 5.74) is 1.67. The molecule has 1 N–H and O–H groups in total. The zero-order valence-electron chi connectivity index (χ0n) is 11.6. The lowest BCUT2D eigenvalue weighted by Gasteiger charge is -2.02. The third-order valence-corrected chi connectivity index (χ3v) is 3.99. The summed E-state index contributed by atoms with van der Waals surface area (Å²) >= 11 is 1.40. The van der Waals surface area contributed by atoms with Crippen molar-refractivity contribution in [2.75, 3.05) is 0 Å². The van der Waals surface area contributed by atoms with Crippen LogP contribution in [0, 0.1) is 5.82 Å². The van der Waals surface area contributed by atoms with Crippen LogP contribution < -0.4 is 5.32 Å². The third kappa shape index (κ3) is 3.20. The lowest BCUT2D eigenvalue weighted by molar-refractivity contribution is 0.0951. The van der Waals surface area contributed by atoms with E-state index in [4.69, 9.17) is 0 Å². The third-order valence-electron chi connectivity index (χ3n) is 3.14. The molecule has 0 radical (unpaired) electrons. The van der Waals surface area contributed by atoms with Crippen molar-refractivity contribution in [2.24, 2.45) is 0 Å². The molecular weight excluding hydrogens is 299 g/mol. The largest absolute Gasteiger partial charge is 0.346 e. The minimum absolute atomic E-state index is 0.150. The van der Waals surface area contributed by atoms with E-state index in [1.54, 1.807) is 35.7 Å². The fourth-order valence-corrected chi connectivity index (χ4v) is 2.77. The Balaban J connectivity index is 1.68. The smallest absolute Gasteiger partial charge is 0.251 e. The van der Waals surface area contributed by atoms with Crippen molar-refractivity contribution in [2.45, 2.75) is 6.54 Å². The van der Waals surface area contributed by atoms with Crippen molar-refractivity contribution >= 4 is 17.2 Å². The topological polar surface area (TPSA) is 42.0 Å². The maximum atomic E-state index is 13.7. The highest BCUT2D eigenvalue weighted by atomic mass is 32.1. The number of nitrogens with zero attached hydrogens (tertiary/aromatic N) is 1. The molecule has 0 bridgehead atoms. The van der Waals surface area contributed by atoms with Gasteiger partial charge in [0, 0.05) is 16.5 Å². The fourth-order valence-electron chi connectivity index (χ4n) is 2.03. The quantitative estimate of drug-likeness (QED) is 0.794. The number of aromatic nitrogens is 1. The SMILES string of the molecule is O=C(NCc1nc(-c2ccccc2F)cs1)c1ccccc1. The average Bonchev–Trinajstić information content (AvgIpc) is 3.02. The number of hydrogen-bond donors (Lipinski definition) is 1. The molecule has 3 rings (SSSR count). The van der Waals surface area contributed by atoms with Gasteiger partial charge in [-0.15, -0.1) is 11.3 Å². The molecule has 0 aliphatic rings. The first-order valence-corrected chi connectivity index (χ1v) is 7.64. The second-order valence-corrected chi connectivity index (χ2v) is 5.60. The zero-order valence-corrected chi connectivity index (χ0v) is 12.4. The number of rotatable bonds is 4. The van der Waals surface area contributed by atoms with Crippen LogP contribution in [0.5, 0.6) is 0 Å². The van der Waals surface area contributed by atoms with E-state index in [0.717, 1.165) is 5.01 Å². The maximum Gasteiger partial charge on any atom is 0.251 e. The Kier molecular flexibility index (Phi) is 4.25. The van der Waals surface area contributed by atoms with Gasteiger partial charge >= 0.3 is 0 Å². The number of benzene rings is 2. The fraction of sp³-hybridized carbons (Fsp3) is 0.0588. The summed E-state index contributed by atoms with van der Waals surface area (Å²) in [6, 6.07) is 15.5. The number of halogens is 1. The van der Waals surface area contributed by atoms with Gasteiger partial charge in [0.05, 0.1) is 12.2 Å². The molecule has 0 unspecified atom stereocenters. The molecule has 0 fully saturated rings. The molecule has 0 aliphatic carbocycles. The van der Waals surface area contributed by atoms with Crippen molar-refractivity contribution < 1.29 is 9.18 Å². The number of thiazole rings is 1. The minimum Gasteiger partial charge on any atom is -0.346 e. The van der Waals surface area contributed by atoms with Gasteiger partial charge in [-0.05, 0) is 24.3 Å². The molecule has 0 atom stereocenters. The van der Waals surface area contributed by atoms with Crippen LogP contribution in [0.4, 0.5) is 4.39 Å². The van der Waals surface area contributed by atoms with Gasteiger partial charge in [0.15, 0.2) is 0 Å². The molecule has 1 aromatic heterocycles. The van der Waals surface area contributed by atoms with Gasteiger partial charge in [-0.3, -0.25) is 4.79 Å². The standard InChI is InChI=1S/C17H13FN2OS/c18-14-9-5-4-8-13(14)15-11-22-16(20-15)10-19-17(21)12-6-2-1-3-7-12/h1-9,11H,10H2,(H,19,21). The predicted molar refractivity (Wildman–Crippen MR) is 85.1 cm³/mol. The van der Waals surface area contributed by atoms with Gasteiger partial charge in [0.2, 0.25) is 0 Å². The van der Waals surface area contributed by atoms with Crippen LogP contribution in [0.2, 0.25) is 0 Å². The number of amides is 1. The Bertz CT molecular complexity index is 786. The van der Waals surface area contributed by atoms with Crippen LogP contribution in [0.25, 0.3) is 11.3 Å². The van der Waals surface area contributed by atoms with E-state index >= 15 is 0 Å². The molecule has 1 amide bonds. The minimum atomic E-state index is -0.298. The first kappa shape index (κ1) is 14.4. The maximum absolute atomic E-state index is 13.7. The van der Waals surface area contributed by atoms with Crippen LogP contribution in [0.15, 0.2) is 60.0 Å². The molecule has 3 aromatic rings. The summed E-state index contributed by atoms with van der Waals surface area (Å²) in [6.07, 6.45) is 0. The van der Waals surface area contributed by atoms with Gasteiger partial charge in [0.25, 0.3) is 5.91 Å². The van der Waals surface area contributed by atoms with Gasteiger partial charge in [0.1, 0.15) is 10.8 Å². The van der Waals surface area contributed by atoms with Gasteiger partial charge < -0.3 is 5.32 Å². The Labute approximate surface area is 131 Å². The summed E-state index contributed by atoms with van der Waals surface area (Å²) in [5, 5.41) is 5.34. The summed E-state index contributed by atoms with van der Waals surface area (Å²) in [6.45, 7) is 0.326. The monoisotopic (exact) mass is 312 g/mol. The van der Waals surface area contributed by atoms with Crippen molar-refractivity contribution in [3.63, 3.8) is 0 Å². The first-order chi connectivity index (χ1) is 10.7. The highest BCUT2D eigenvalue weighted by Crippen LogP contribution is 2.24. The molecule has 22 heavy (non-hydrogen) atoms. The summed E-state index contributed by atoms with van der Waals surface area (Å²) in [4.78, 5) is 16.3. The summed E-state index contributed by atoms with van der Waals surface area (Å²) < 4.78 is 13.7. The molecule has 0 aliphatic heterocycles. The Morgan fingerprint density at radius 2 is 1.82 bits per heavy atom. The van der Waals surface area contributed by atoms with E-state index < -0.39 is 0 Å². The highest BCUT2D eigenvalue weighted by Gasteiger charge is 2.10. The average molecular weight is 312 g/mol. The Hall–Kier alpha value is -2.53. The predicted octanol–water partition coefficient (Wildman–Crippen LogP) is 3.88. The molecule has 1 heterocycles. The van der Waals surface area contributed by atoms with E-state index in [2.05, 4.69) is 10.3 Å². The summed E-state index contributed by atoms with van der Waals surface area (Å²) in [5.74, 6) is -0.448. The molecule has 0 spiro atoms. The van der Waals surface area contributed by atoms with Crippen LogP contribution in [-0.2, 0) is 6.54 Å². The number of nitrogens with one attached hydrogen (secondary N) is 1. The normalized spacial score (nSPS) is 10.4. The second-order valence-electron chi connectivity index (χ2n) is 4.66. The van der Waals surface area contributed by atoms with Gasteiger partial charge in [-0.2, -0.15) is 0 Å². The molecule has 0 saturated heterocycles. The molecular formula is C17H13FN2OS. The van der Waals surface area contributed by atoms with E-state index in [9.17, 15) is 9.18 Å². The second kappa shape index (κ2) is 6.49. The lowest BCUT2D eigenvalue weighted by atomic mass is 10.2. The van der Waals surface area contributed by atoms with E-state index in [1.807, 2.05) is 18.2 Å². The molecule has 110 valence electrons. The first-order valence-electron chi connectivity index (χ1n) is 6.76. The van der Waals surface area contributed by atoms with Crippen LogP contribution in [-0.4, -0.2) is 10.9 Å². The van der Waals surface area contributed by atoms with Crippen molar-refractivity contribution in [3.05, 3.63) is 76.4 Å². The van der Waals surface area contributed by atoms with E-state index in [0.29, 0.717) is 23.4 Å². The number of carbonyl (C=O) groups is 1. The lowest BCUT2D eigenvalue weighted by Crippen LogP contribution is -2.22. The number of hydrogen-bond acceptors (Lipinski definition) is 3. The molecule has 2 aromatic carbocycles. The van der Waals surface area contributed by atoms with Crippen LogP contribution in [0.3, 0.4) is 0 Å². The molecule has 3 nitrogen and oxygen atoms in total. The van der Waals surface area contributed by atoms with Crippen LogP contribution >= 0.6 is 11.3 Å². The zero-order chi connectivity index (χ0) is 15.4. The Morgan fingerprint density at radius 3 is 2.59 bits per heavy atom. The highest BCUT2D eigenvalue weighted by molar-refractivity contribution is 7.09. The van der Waals surface area contributed by atoms with Crippen molar-refractivity contribution in [1.82, 2.24) is 10.3 Å². The molecule has 0 saturated carbocycles. The molecule has 5 heteroatoms. The van der Waals surface area contributed by atoms with Gasteiger partial charge in [-0.1, -0.05) is 30.3 Å². The van der Waals surface area contributed by atoms with E-state index in [-0.39, 0.29) is 11.7 Å². The Morgan fingerprint density at radius 1 is 1.09 bits per heavy atom. The van der Waals surface area contributed by atoms with Crippen LogP contribution in [0.1, 0.15) is 15.4 Å². The number of carbonyl (C=O) groups excluding carboxylic acids is 1.